The maximum atomic E-state index is 12.9. The Hall–Kier alpha value is -2.83. The number of amides is 1. The Morgan fingerprint density at radius 3 is 2.32 bits per heavy atom. The predicted molar refractivity (Wildman–Crippen MR) is 119 cm³/mol. The molecule has 1 saturated heterocycles. The summed E-state index contributed by atoms with van der Waals surface area (Å²) in [4.78, 5) is 27.2. The fourth-order valence-electron chi connectivity index (χ4n) is 3.60. The molecule has 1 N–H and O–H groups in total. The van der Waals surface area contributed by atoms with Crippen molar-refractivity contribution in [3.05, 3.63) is 70.3 Å². The van der Waals surface area contributed by atoms with Crippen LogP contribution in [0.15, 0.2) is 54.1 Å². The molecule has 1 amide bonds. The molecule has 1 aliphatic heterocycles. The Bertz CT molecular complexity index is 966. The average molecular weight is 444 g/mol. The van der Waals surface area contributed by atoms with E-state index in [1.165, 1.54) is 4.90 Å². The second-order valence-corrected chi connectivity index (χ2v) is 8.02. The van der Waals surface area contributed by atoms with E-state index >= 15 is 0 Å². The van der Waals surface area contributed by atoms with Crippen LogP contribution in [0.5, 0.6) is 5.75 Å². The van der Waals surface area contributed by atoms with Gasteiger partial charge < -0.3 is 19.5 Å². The highest BCUT2D eigenvalue weighted by atomic mass is 35.5. The number of hydrogen-bond donors (Lipinski definition) is 1. The number of hydrogen-bond acceptors (Lipinski definition) is 5. The SMILES string of the molecule is COCCCN1C(=O)C(=O)C(=C(O)c2ccc(OC(C)C)cc2)C1c1ccc(Cl)cc1. The van der Waals surface area contributed by atoms with E-state index in [0.717, 1.165) is 0 Å². The molecule has 164 valence electrons. The Balaban J connectivity index is 2.04. The molecular formula is C24H26ClNO5. The summed E-state index contributed by atoms with van der Waals surface area (Å²) in [6.07, 6.45) is 0.580. The van der Waals surface area contributed by atoms with Crippen molar-refractivity contribution < 1.29 is 24.2 Å². The van der Waals surface area contributed by atoms with E-state index in [1.54, 1.807) is 55.6 Å². The number of likely N-dealkylation sites (tertiary alicyclic amines) is 1. The van der Waals surface area contributed by atoms with Gasteiger partial charge in [-0.15, -0.1) is 0 Å². The molecule has 0 aliphatic carbocycles. The monoisotopic (exact) mass is 443 g/mol. The van der Waals surface area contributed by atoms with Gasteiger partial charge in [0.2, 0.25) is 0 Å². The molecule has 1 aliphatic rings. The van der Waals surface area contributed by atoms with E-state index in [2.05, 4.69) is 0 Å². The van der Waals surface area contributed by atoms with Gasteiger partial charge in [-0.05, 0) is 62.2 Å². The van der Waals surface area contributed by atoms with Crippen molar-refractivity contribution in [1.82, 2.24) is 4.90 Å². The van der Waals surface area contributed by atoms with Crippen molar-refractivity contribution in [2.24, 2.45) is 0 Å². The minimum atomic E-state index is -0.711. The summed E-state index contributed by atoms with van der Waals surface area (Å²) in [5.41, 5.74) is 1.19. The first kappa shape index (κ1) is 22.8. The van der Waals surface area contributed by atoms with Crippen LogP contribution in [0, 0.1) is 0 Å². The van der Waals surface area contributed by atoms with E-state index < -0.39 is 17.7 Å². The van der Waals surface area contributed by atoms with E-state index in [0.29, 0.717) is 41.5 Å². The van der Waals surface area contributed by atoms with Crippen LogP contribution >= 0.6 is 11.6 Å². The second kappa shape index (κ2) is 9.98. The lowest BCUT2D eigenvalue weighted by atomic mass is 9.95. The van der Waals surface area contributed by atoms with Gasteiger partial charge >= 0.3 is 0 Å². The summed E-state index contributed by atoms with van der Waals surface area (Å²) in [7, 11) is 1.58. The number of carbonyl (C=O) groups excluding carboxylic acids is 2. The first-order chi connectivity index (χ1) is 14.8. The van der Waals surface area contributed by atoms with E-state index in [1.807, 2.05) is 13.8 Å². The third kappa shape index (κ3) is 5.09. The highest BCUT2D eigenvalue weighted by molar-refractivity contribution is 6.46. The lowest BCUT2D eigenvalue weighted by Crippen LogP contribution is -2.31. The quantitative estimate of drug-likeness (QED) is 0.279. The number of rotatable bonds is 8. The summed E-state index contributed by atoms with van der Waals surface area (Å²) in [6.45, 7) is 4.62. The number of aliphatic hydroxyl groups excluding tert-OH is 1. The molecule has 6 nitrogen and oxygen atoms in total. The molecule has 2 aromatic rings. The van der Waals surface area contributed by atoms with Crippen LogP contribution in [-0.2, 0) is 14.3 Å². The van der Waals surface area contributed by atoms with Gasteiger partial charge in [0.25, 0.3) is 11.7 Å². The second-order valence-electron chi connectivity index (χ2n) is 7.58. The molecule has 2 aromatic carbocycles. The van der Waals surface area contributed by atoms with Crippen molar-refractivity contribution >= 4 is 29.1 Å². The Morgan fingerprint density at radius 1 is 1.10 bits per heavy atom. The van der Waals surface area contributed by atoms with Gasteiger partial charge in [0.1, 0.15) is 11.5 Å². The highest BCUT2D eigenvalue weighted by Gasteiger charge is 2.45. The molecule has 0 bridgehead atoms. The maximum absolute atomic E-state index is 12.9. The molecule has 0 radical (unpaired) electrons. The van der Waals surface area contributed by atoms with E-state index in [-0.39, 0.29) is 17.4 Å². The molecule has 0 saturated carbocycles. The van der Waals surface area contributed by atoms with Gasteiger partial charge in [-0.2, -0.15) is 0 Å². The first-order valence-corrected chi connectivity index (χ1v) is 10.5. The minimum Gasteiger partial charge on any atom is -0.507 e. The zero-order valence-electron chi connectivity index (χ0n) is 17.8. The normalized spacial score (nSPS) is 18.1. The van der Waals surface area contributed by atoms with Crippen molar-refractivity contribution in [3.8, 4) is 5.75 Å². The summed E-state index contributed by atoms with van der Waals surface area (Å²) in [6, 6.07) is 13.0. The zero-order valence-corrected chi connectivity index (χ0v) is 18.6. The number of aliphatic hydroxyl groups is 1. The van der Waals surface area contributed by atoms with Crippen LogP contribution in [-0.4, -0.2) is 48.1 Å². The molecule has 1 unspecified atom stereocenters. The molecule has 3 rings (SSSR count). The molecule has 1 fully saturated rings. The largest absolute Gasteiger partial charge is 0.507 e. The number of carbonyl (C=O) groups is 2. The maximum Gasteiger partial charge on any atom is 0.295 e. The topological polar surface area (TPSA) is 76.1 Å². The average Bonchev–Trinajstić information content (AvgIpc) is 2.99. The Labute approximate surface area is 187 Å². The van der Waals surface area contributed by atoms with Crippen molar-refractivity contribution in [2.75, 3.05) is 20.3 Å². The van der Waals surface area contributed by atoms with Gasteiger partial charge in [0, 0.05) is 30.8 Å². The van der Waals surface area contributed by atoms with Gasteiger partial charge in [-0.25, -0.2) is 0 Å². The Morgan fingerprint density at radius 2 is 1.74 bits per heavy atom. The highest BCUT2D eigenvalue weighted by Crippen LogP contribution is 2.39. The lowest BCUT2D eigenvalue weighted by molar-refractivity contribution is -0.140. The van der Waals surface area contributed by atoms with Gasteiger partial charge in [-0.1, -0.05) is 23.7 Å². The number of ether oxygens (including phenoxy) is 2. The molecular weight excluding hydrogens is 418 g/mol. The van der Waals surface area contributed by atoms with Crippen molar-refractivity contribution in [3.63, 3.8) is 0 Å². The molecule has 0 spiro atoms. The standard InChI is InChI=1S/C24H26ClNO5/c1-15(2)31-19-11-7-17(8-12-19)22(27)20-21(16-5-9-18(25)10-6-16)26(13-4-14-30-3)24(29)23(20)28/h5-12,15,21,27H,4,13-14H2,1-3H3. The number of methoxy groups -OCH3 is 1. The van der Waals surface area contributed by atoms with E-state index in [4.69, 9.17) is 21.1 Å². The van der Waals surface area contributed by atoms with Crippen LogP contribution in [0.2, 0.25) is 5.02 Å². The molecule has 7 heteroatoms. The number of ketones is 1. The van der Waals surface area contributed by atoms with E-state index in [9.17, 15) is 14.7 Å². The number of Topliss-reactive ketones (excluding diaryl/α,β-unsaturated/α-hetero) is 1. The third-order valence-corrected chi connectivity index (χ3v) is 5.22. The summed E-state index contributed by atoms with van der Waals surface area (Å²) >= 11 is 6.02. The van der Waals surface area contributed by atoms with Gasteiger partial charge in [0.15, 0.2) is 0 Å². The van der Waals surface area contributed by atoms with Crippen molar-refractivity contribution in [2.45, 2.75) is 32.4 Å². The molecule has 1 atom stereocenters. The van der Waals surface area contributed by atoms with Crippen LogP contribution in [0.4, 0.5) is 0 Å². The summed E-state index contributed by atoms with van der Waals surface area (Å²) in [5.74, 6) is -0.917. The lowest BCUT2D eigenvalue weighted by Gasteiger charge is -2.25. The van der Waals surface area contributed by atoms with Crippen LogP contribution in [0.1, 0.15) is 37.4 Å². The molecule has 31 heavy (non-hydrogen) atoms. The summed E-state index contributed by atoms with van der Waals surface area (Å²) in [5, 5.41) is 11.6. The first-order valence-electron chi connectivity index (χ1n) is 10.1. The van der Waals surface area contributed by atoms with Crippen molar-refractivity contribution in [1.29, 1.82) is 0 Å². The van der Waals surface area contributed by atoms with Gasteiger partial charge in [0.05, 0.1) is 17.7 Å². The molecule has 0 aromatic heterocycles. The number of halogens is 1. The minimum absolute atomic E-state index is 0.0155. The zero-order chi connectivity index (χ0) is 22.5. The number of nitrogens with zero attached hydrogens (tertiary/aromatic N) is 1. The van der Waals surface area contributed by atoms with Crippen LogP contribution in [0.3, 0.4) is 0 Å². The smallest absolute Gasteiger partial charge is 0.295 e. The van der Waals surface area contributed by atoms with Crippen LogP contribution in [0.25, 0.3) is 5.76 Å². The third-order valence-electron chi connectivity index (χ3n) is 4.97. The molecule has 1 heterocycles. The van der Waals surface area contributed by atoms with Gasteiger partial charge in [-0.3, -0.25) is 9.59 Å². The van der Waals surface area contributed by atoms with Crippen LogP contribution < -0.4 is 4.74 Å². The Kier molecular flexibility index (Phi) is 7.36. The number of benzene rings is 2. The fraction of sp³-hybridized carbons (Fsp3) is 0.333. The predicted octanol–water partition coefficient (Wildman–Crippen LogP) is 4.59. The summed E-state index contributed by atoms with van der Waals surface area (Å²) < 4.78 is 10.7. The fourth-order valence-corrected chi connectivity index (χ4v) is 3.73.